The van der Waals surface area contributed by atoms with E-state index >= 15 is 0 Å². The first-order chi connectivity index (χ1) is 10.2. The second-order valence-corrected chi connectivity index (χ2v) is 6.49. The lowest BCUT2D eigenvalue weighted by atomic mass is 10.1. The third-order valence-electron chi connectivity index (χ3n) is 3.31. The lowest BCUT2D eigenvalue weighted by Gasteiger charge is -2.19. The summed E-state index contributed by atoms with van der Waals surface area (Å²) in [5, 5.41) is 10.5. The van der Waals surface area contributed by atoms with Gasteiger partial charge in [0, 0.05) is 4.90 Å². The summed E-state index contributed by atoms with van der Waals surface area (Å²) in [5.74, 6) is 0. The minimum absolute atomic E-state index is 0.0381. The fraction of sp³-hybridized carbons (Fsp3) is 0.556. The molecule has 1 rings (SSSR count). The molecule has 2 nitrogen and oxygen atoms in total. The fourth-order valence-corrected chi connectivity index (χ4v) is 3.06. The van der Waals surface area contributed by atoms with Crippen molar-refractivity contribution in [1.29, 1.82) is 0 Å². The first-order valence-electron chi connectivity index (χ1n) is 7.87. The number of rotatable bonds is 10. The highest BCUT2D eigenvalue weighted by atomic mass is 32.2. The summed E-state index contributed by atoms with van der Waals surface area (Å²) in [4.78, 5) is 1.18. The summed E-state index contributed by atoms with van der Waals surface area (Å²) in [5.41, 5.74) is 1.25. The van der Waals surface area contributed by atoms with E-state index in [1.165, 1.54) is 23.3 Å². The molecule has 0 spiro atoms. The normalized spacial score (nSPS) is 14.3. The maximum absolute atomic E-state index is 10.4. The van der Waals surface area contributed by atoms with Gasteiger partial charge in [0.05, 0.1) is 24.2 Å². The molecule has 0 radical (unpaired) electrons. The number of unbranched alkanes of at least 4 members (excludes halogenated alkanes) is 2. The smallest absolute Gasteiger partial charge is 0.0845 e. The van der Waals surface area contributed by atoms with Crippen LogP contribution in [0.4, 0.5) is 0 Å². The molecule has 0 saturated heterocycles. The monoisotopic (exact) mass is 308 g/mol. The molecule has 3 heteroatoms. The SMILES string of the molecule is CCCCCC(O)C(C=COCC)Sc1ccc(C)cc1. The number of hydrogen-bond acceptors (Lipinski definition) is 3. The number of aliphatic hydroxyl groups is 1. The molecule has 0 amide bonds. The number of ether oxygens (including phenoxy) is 1. The third kappa shape index (κ3) is 7.58. The van der Waals surface area contributed by atoms with E-state index in [0.29, 0.717) is 6.61 Å². The van der Waals surface area contributed by atoms with Crippen LogP contribution in [0.25, 0.3) is 0 Å². The predicted molar refractivity (Wildman–Crippen MR) is 91.7 cm³/mol. The molecule has 2 unspecified atom stereocenters. The highest BCUT2D eigenvalue weighted by molar-refractivity contribution is 8.00. The predicted octanol–water partition coefficient (Wildman–Crippen LogP) is 4.95. The third-order valence-corrected chi connectivity index (χ3v) is 4.59. The molecule has 0 saturated carbocycles. The molecule has 21 heavy (non-hydrogen) atoms. The molecule has 1 aromatic rings. The topological polar surface area (TPSA) is 29.5 Å². The van der Waals surface area contributed by atoms with Crippen molar-refractivity contribution in [3.8, 4) is 0 Å². The number of thioether (sulfide) groups is 1. The summed E-state index contributed by atoms with van der Waals surface area (Å²) in [6.07, 6.45) is 7.63. The molecule has 1 aromatic carbocycles. The van der Waals surface area contributed by atoms with Crippen molar-refractivity contribution in [2.75, 3.05) is 6.61 Å². The van der Waals surface area contributed by atoms with E-state index in [4.69, 9.17) is 4.74 Å². The molecular formula is C18H28O2S. The second kappa shape index (κ2) is 10.7. The van der Waals surface area contributed by atoms with Crippen molar-refractivity contribution in [2.45, 2.75) is 62.7 Å². The Balaban J connectivity index is 2.64. The van der Waals surface area contributed by atoms with E-state index in [-0.39, 0.29) is 11.4 Å². The Morgan fingerprint density at radius 1 is 1.19 bits per heavy atom. The van der Waals surface area contributed by atoms with Crippen molar-refractivity contribution in [3.05, 3.63) is 42.2 Å². The van der Waals surface area contributed by atoms with Gasteiger partial charge in [-0.05, 0) is 38.5 Å². The van der Waals surface area contributed by atoms with Crippen molar-refractivity contribution in [3.63, 3.8) is 0 Å². The molecule has 0 bridgehead atoms. The van der Waals surface area contributed by atoms with Crippen LogP contribution in [-0.2, 0) is 4.74 Å². The van der Waals surface area contributed by atoms with Crippen LogP contribution in [0.15, 0.2) is 41.5 Å². The molecule has 0 fully saturated rings. The van der Waals surface area contributed by atoms with Crippen molar-refractivity contribution >= 4 is 11.8 Å². The molecule has 0 aliphatic carbocycles. The highest BCUT2D eigenvalue weighted by Crippen LogP contribution is 2.28. The molecule has 0 aliphatic rings. The van der Waals surface area contributed by atoms with Gasteiger partial charge in [0.2, 0.25) is 0 Å². The van der Waals surface area contributed by atoms with E-state index in [1.54, 1.807) is 18.0 Å². The van der Waals surface area contributed by atoms with Gasteiger partial charge in [0.1, 0.15) is 0 Å². The van der Waals surface area contributed by atoms with Crippen LogP contribution < -0.4 is 0 Å². The quantitative estimate of drug-likeness (QED) is 0.377. The zero-order valence-electron chi connectivity index (χ0n) is 13.4. The molecule has 2 atom stereocenters. The summed E-state index contributed by atoms with van der Waals surface area (Å²) < 4.78 is 5.29. The van der Waals surface area contributed by atoms with Gasteiger partial charge in [-0.2, -0.15) is 0 Å². The summed E-state index contributed by atoms with van der Waals surface area (Å²) in [6.45, 7) is 6.88. The maximum Gasteiger partial charge on any atom is 0.0845 e. The average molecular weight is 308 g/mol. The number of aliphatic hydroxyl groups excluding tert-OH is 1. The van der Waals surface area contributed by atoms with Gasteiger partial charge >= 0.3 is 0 Å². The van der Waals surface area contributed by atoms with Gasteiger partial charge < -0.3 is 9.84 Å². The molecule has 0 aliphatic heterocycles. The van der Waals surface area contributed by atoms with Gasteiger partial charge in [0.25, 0.3) is 0 Å². The summed E-state index contributed by atoms with van der Waals surface area (Å²) in [6, 6.07) is 8.44. The summed E-state index contributed by atoms with van der Waals surface area (Å²) in [7, 11) is 0. The molecule has 0 heterocycles. The van der Waals surface area contributed by atoms with E-state index in [0.717, 1.165) is 12.8 Å². The van der Waals surface area contributed by atoms with Crippen LogP contribution in [0.3, 0.4) is 0 Å². The largest absolute Gasteiger partial charge is 0.502 e. The molecular weight excluding hydrogens is 280 g/mol. The Morgan fingerprint density at radius 3 is 2.52 bits per heavy atom. The maximum atomic E-state index is 10.4. The van der Waals surface area contributed by atoms with Crippen LogP contribution in [-0.4, -0.2) is 23.1 Å². The number of aryl methyl sites for hydroxylation is 1. The molecule has 1 N–H and O–H groups in total. The van der Waals surface area contributed by atoms with Crippen LogP contribution in [0.2, 0.25) is 0 Å². The van der Waals surface area contributed by atoms with E-state index in [1.807, 2.05) is 13.0 Å². The first kappa shape index (κ1) is 18.1. The van der Waals surface area contributed by atoms with Crippen LogP contribution in [0.5, 0.6) is 0 Å². The minimum Gasteiger partial charge on any atom is -0.502 e. The van der Waals surface area contributed by atoms with Crippen LogP contribution in [0, 0.1) is 6.92 Å². The standard InChI is InChI=1S/C18H28O2S/c1-4-6-7-8-17(19)18(13-14-20-5-2)21-16-11-9-15(3)10-12-16/h9-14,17-19H,4-8H2,1-3H3. The Labute approximate surface area is 133 Å². The second-order valence-electron chi connectivity index (χ2n) is 5.24. The van der Waals surface area contributed by atoms with Gasteiger partial charge in [-0.25, -0.2) is 0 Å². The van der Waals surface area contributed by atoms with Crippen molar-refractivity contribution in [2.24, 2.45) is 0 Å². The van der Waals surface area contributed by atoms with E-state index < -0.39 is 0 Å². The Kier molecular flexibility index (Phi) is 9.27. The zero-order valence-corrected chi connectivity index (χ0v) is 14.2. The Bertz CT molecular complexity index is 400. The molecule has 118 valence electrons. The fourth-order valence-electron chi connectivity index (χ4n) is 2.02. The summed E-state index contributed by atoms with van der Waals surface area (Å²) >= 11 is 1.70. The van der Waals surface area contributed by atoms with E-state index in [2.05, 4.69) is 38.1 Å². The first-order valence-corrected chi connectivity index (χ1v) is 8.75. The zero-order chi connectivity index (χ0) is 15.5. The number of benzene rings is 1. The lowest BCUT2D eigenvalue weighted by Crippen LogP contribution is -2.21. The number of hydrogen-bond donors (Lipinski definition) is 1. The van der Waals surface area contributed by atoms with Gasteiger partial charge in [-0.3, -0.25) is 0 Å². The molecule has 0 aromatic heterocycles. The Morgan fingerprint density at radius 2 is 1.90 bits per heavy atom. The van der Waals surface area contributed by atoms with Crippen molar-refractivity contribution < 1.29 is 9.84 Å². The van der Waals surface area contributed by atoms with E-state index in [9.17, 15) is 5.11 Å². The Hall–Kier alpha value is -0.930. The lowest BCUT2D eigenvalue weighted by molar-refractivity contribution is 0.167. The van der Waals surface area contributed by atoms with Gasteiger partial charge in [-0.15, -0.1) is 11.8 Å². The van der Waals surface area contributed by atoms with Gasteiger partial charge in [0.15, 0.2) is 0 Å². The van der Waals surface area contributed by atoms with Gasteiger partial charge in [-0.1, -0.05) is 43.9 Å². The highest BCUT2D eigenvalue weighted by Gasteiger charge is 2.17. The van der Waals surface area contributed by atoms with Crippen LogP contribution >= 0.6 is 11.8 Å². The minimum atomic E-state index is -0.334. The average Bonchev–Trinajstić information content (AvgIpc) is 2.48. The van der Waals surface area contributed by atoms with Crippen molar-refractivity contribution in [1.82, 2.24) is 0 Å². The van der Waals surface area contributed by atoms with Crippen LogP contribution in [0.1, 0.15) is 45.1 Å².